The van der Waals surface area contributed by atoms with Gasteiger partial charge in [0.1, 0.15) is 0 Å². The van der Waals surface area contributed by atoms with Crippen LogP contribution in [0.1, 0.15) is 45.4 Å². The molecule has 0 saturated carbocycles. The van der Waals surface area contributed by atoms with E-state index in [1.165, 1.54) is 12.0 Å². The first kappa shape index (κ1) is 12.2. The smallest absolute Gasteiger partial charge is 0.0372 e. The molecule has 0 spiro atoms. The molecule has 1 unspecified atom stereocenters. The van der Waals surface area contributed by atoms with Crippen molar-refractivity contribution in [1.82, 2.24) is 4.98 Å². The summed E-state index contributed by atoms with van der Waals surface area (Å²) < 4.78 is 0. The van der Waals surface area contributed by atoms with Crippen LogP contribution in [0.4, 0.5) is 0 Å². The van der Waals surface area contributed by atoms with E-state index in [-0.39, 0.29) is 0 Å². The highest BCUT2D eigenvalue weighted by Crippen LogP contribution is 2.28. The van der Waals surface area contributed by atoms with Crippen molar-refractivity contribution in [3.05, 3.63) is 29.6 Å². The molecule has 0 N–H and O–H groups in total. The maximum atomic E-state index is 4.32. The van der Waals surface area contributed by atoms with Gasteiger partial charge >= 0.3 is 0 Å². The topological polar surface area (TPSA) is 12.9 Å². The van der Waals surface area contributed by atoms with E-state index in [1.807, 2.05) is 13.1 Å². The van der Waals surface area contributed by atoms with E-state index in [0.29, 0.717) is 5.41 Å². The molecule has 0 bridgehead atoms. The van der Waals surface area contributed by atoms with Crippen molar-refractivity contribution in [2.45, 2.75) is 47.5 Å². The Labute approximate surface area is 93.9 Å². The molecule has 1 aromatic rings. The molecule has 0 aliphatic heterocycles. The number of nitrogens with zero attached hydrogens (tertiary/aromatic N) is 1. The molecule has 0 aromatic carbocycles. The van der Waals surface area contributed by atoms with Crippen LogP contribution in [0, 0.1) is 18.3 Å². The van der Waals surface area contributed by atoms with E-state index >= 15 is 0 Å². The van der Waals surface area contributed by atoms with E-state index in [2.05, 4.69) is 44.8 Å². The molecule has 0 saturated heterocycles. The summed E-state index contributed by atoms with van der Waals surface area (Å²) in [6.45, 7) is 11.3. The maximum Gasteiger partial charge on any atom is 0.0372 e. The van der Waals surface area contributed by atoms with Crippen molar-refractivity contribution in [2.75, 3.05) is 0 Å². The molecule has 1 nitrogen and oxygen atoms in total. The third kappa shape index (κ3) is 4.03. The lowest BCUT2D eigenvalue weighted by Gasteiger charge is -2.27. The van der Waals surface area contributed by atoms with E-state index < -0.39 is 0 Å². The van der Waals surface area contributed by atoms with Crippen molar-refractivity contribution < 1.29 is 0 Å². The van der Waals surface area contributed by atoms with Gasteiger partial charge in [-0.05, 0) is 42.7 Å². The maximum absolute atomic E-state index is 4.32. The van der Waals surface area contributed by atoms with Gasteiger partial charge in [-0.3, -0.25) is 4.98 Å². The van der Waals surface area contributed by atoms with E-state index in [0.717, 1.165) is 18.0 Å². The molecular formula is C14H23N. The van der Waals surface area contributed by atoms with Crippen molar-refractivity contribution in [3.8, 4) is 0 Å². The predicted octanol–water partition coefficient (Wildman–Crippen LogP) is 4.00. The molecule has 1 rings (SSSR count). The second-order valence-electron chi connectivity index (χ2n) is 5.61. The Balaban J connectivity index is 2.47. The molecule has 1 atom stereocenters. The van der Waals surface area contributed by atoms with Gasteiger partial charge in [0.15, 0.2) is 0 Å². The van der Waals surface area contributed by atoms with Gasteiger partial charge in [-0.25, -0.2) is 0 Å². The predicted molar refractivity (Wildman–Crippen MR) is 65.9 cm³/mol. The van der Waals surface area contributed by atoms with Gasteiger partial charge in [0.2, 0.25) is 0 Å². The van der Waals surface area contributed by atoms with Gasteiger partial charge in [-0.2, -0.15) is 0 Å². The average Bonchev–Trinajstić information content (AvgIpc) is 2.15. The number of pyridine rings is 1. The van der Waals surface area contributed by atoms with Gasteiger partial charge < -0.3 is 0 Å². The molecule has 15 heavy (non-hydrogen) atoms. The van der Waals surface area contributed by atoms with Gasteiger partial charge in [-0.15, -0.1) is 0 Å². The van der Waals surface area contributed by atoms with Crippen LogP contribution in [0.2, 0.25) is 0 Å². The normalized spacial score (nSPS) is 13.9. The average molecular weight is 205 g/mol. The summed E-state index contributed by atoms with van der Waals surface area (Å²) in [7, 11) is 0. The fourth-order valence-corrected chi connectivity index (χ4v) is 1.46. The Morgan fingerprint density at radius 3 is 2.40 bits per heavy atom. The molecule has 1 heterocycles. The van der Waals surface area contributed by atoms with Gasteiger partial charge in [0, 0.05) is 11.9 Å². The molecule has 0 radical (unpaired) electrons. The van der Waals surface area contributed by atoms with Crippen LogP contribution < -0.4 is 0 Å². The molecule has 0 aliphatic carbocycles. The first-order valence-electron chi connectivity index (χ1n) is 5.81. The number of aryl methyl sites for hydroxylation is 2. The molecule has 1 heteroatoms. The summed E-state index contributed by atoms with van der Waals surface area (Å²) in [5, 5.41) is 0. The first-order chi connectivity index (χ1) is 6.89. The van der Waals surface area contributed by atoms with Crippen LogP contribution in [0.5, 0.6) is 0 Å². The lowest BCUT2D eigenvalue weighted by molar-refractivity contribution is 0.247. The van der Waals surface area contributed by atoms with Crippen molar-refractivity contribution in [1.29, 1.82) is 0 Å². The zero-order valence-corrected chi connectivity index (χ0v) is 10.7. The summed E-state index contributed by atoms with van der Waals surface area (Å²) in [6, 6.07) is 4.29. The number of hydrogen-bond donors (Lipinski definition) is 0. The Hall–Kier alpha value is -0.850. The molecule has 0 fully saturated rings. The third-order valence-electron chi connectivity index (χ3n) is 3.32. The Morgan fingerprint density at radius 1 is 1.27 bits per heavy atom. The molecular weight excluding hydrogens is 182 g/mol. The minimum Gasteiger partial charge on any atom is -0.261 e. The minimum absolute atomic E-state index is 0.415. The van der Waals surface area contributed by atoms with Gasteiger partial charge in [0.05, 0.1) is 0 Å². The monoisotopic (exact) mass is 205 g/mol. The number of rotatable bonds is 3. The standard InChI is InChI=1S/C14H23N/c1-11(14(3,4)5)6-8-13-9-7-12(2)15-10-13/h7,9-11H,6,8H2,1-5H3. The lowest BCUT2D eigenvalue weighted by Crippen LogP contribution is -2.17. The van der Waals surface area contributed by atoms with Crippen LogP contribution in [0.25, 0.3) is 0 Å². The summed E-state index contributed by atoms with van der Waals surface area (Å²) >= 11 is 0. The fraction of sp³-hybridized carbons (Fsp3) is 0.643. The molecule has 84 valence electrons. The minimum atomic E-state index is 0.415. The zero-order valence-electron chi connectivity index (χ0n) is 10.7. The van der Waals surface area contributed by atoms with Crippen molar-refractivity contribution in [3.63, 3.8) is 0 Å². The highest BCUT2D eigenvalue weighted by molar-refractivity contribution is 5.13. The largest absolute Gasteiger partial charge is 0.261 e. The first-order valence-corrected chi connectivity index (χ1v) is 5.81. The molecule has 0 aliphatic rings. The number of hydrogen-bond acceptors (Lipinski definition) is 1. The SMILES string of the molecule is Cc1ccc(CCC(C)C(C)(C)C)cn1. The summed E-state index contributed by atoms with van der Waals surface area (Å²) in [5.74, 6) is 0.749. The zero-order chi connectivity index (χ0) is 11.5. The second kappa shape index (κ2) is 4.78. The van der Waals surface area contributed by atoms with Crippen LogP contribution >= 0.6 is 0 Å². The Bertz CT molecular complexity index is 292. The van der Waals surface area contributed by atoms with Crippen molar-refractivity contribution in [2.24, 2.45) is 11.3 Å². The number of aromatic nitrogens is 1. The van der Waals surface area contributed by atoms with Crippen LogP contribution in [-0.2, 0) is 6.42 Å². The van der Waals surface area contributed by atoms with Gasteiger partial charge in [-0.1, -0.05) is 33.8 Å². The van der Waals surface area contributed by atoms with E-state index in [9.17, 15) is 0 Å². The highest BCUT2D eigenvalue weighted by Gasteiger charge is 2.19. The quantitative estimate of drug-likeness (QED) is 0.726. The Kier molecular flexibility index (Phi) is 3.90. The second-order valence-corrected chi connectivity index (χ2v) is 5.61. The molecule has 0 amide bonds. The lowest BCUT2D eigenvalue weighted by atomic mass is 9.79. The van der Waals surface area contributed by atoms with Crippen molar-refractivity contribution >= 4 is 0 Å². The summed E-state index contributed by atoms with van der Waals surface area (Å²) in [4.78, 5) is 4.32. The van der Waals surface area contributed by atoms with Crippen LogP contribution in [-0.4, -0.2) is 4.98 Å². The van der Waals surface area contributed by atoms with E-state index in [1.54, 1.807) is 0 Å². The van der Waals surface area contributed by atoms with E-state index in [4.69, 9.17) is 0 Å². The highest BCUT2D eigenvalue weighted by atomic mass is 14.7. The van der Waals surface area contributed by atoms with Crippen LogP contribution in [0.3, 0.4) is 0 Å². The van der Waals surface area contributed by atoms with Gasteiger partial charge in [0.25, 0.3) is 0 Å². The summed E-state index contributed by atoms with van der Waals surface area (Å²) in [5.41, 5.74) is 2.87. The Morgan fingerprint density at radius 2 is 1.93 bits per heavy atom. The fourth-order valence-electron chi connectivity index (χ4n) is 1.46. The van der Waals surface area contributed by atoms with Crippen LogP contribution in [0.15, 0.2) is 18.3 Å². The molecule has 1 aromatic heterocycles. The summed E-state index contributed by atoms with van der Waals surface area (Å²) in [6.07, 6.45) is 4.39. The third-order valence-corrected chi connectivity index (χ3v) is 3.32.